The van der Waals surface area contributed by atoms with E-state index >= 15 is 0 Å². The molecule has 1 saturated carbocycles. The van der Waals surface area contributed by atoms with E-state index in [0.29, 0.717) is 10.6 Å². The molecule has 1 aromatic carbocycles. The molecule has 1 aliphatic rings. The Hall–Kier alpha value is -2.15. The molecule has 0 unspecified atom stereocenters. The SMILES string of the molecule is C[C@@]1(O)CCC(C#N)(C#N)[C@@H](c2ccc(Cl)cc2)[C@@H]1[N+](=O)[O-]. The topological polar surface area (TPSA) is 111 Å². The highest BCUT2D eigenvalue weighted by atomic mass is 35.5. The van der Waals surface area contributed by atoms with Gasteiger partial charge in [0.25, 0.3) is 0 Å². The highest BCUT2D eigenvalue weighted by Gasteiger charge is 2.61. The minimum absolute atomic E-state index is 0.0177. The summed E-state index contributed by atoms with van der Waals surface area (Å²) in [6.45, 7) is 1.38. The molecule has 0 aromatic heterocycles. The van der Waals surface area contributed by atoms with Crippen molar-refractivity contribution in [2.24, 2.45) is 5.41 Å². The zero-order valence-electron chi connectivity index (χ0n) is 11.9. The van der Waals surface area contributed by atoms with E-state index in [9.17, 15) is 25.7 Å². The summed E-state index contributed by atoms with van der Waals surface area (Å²) in [5.74, 6) is -1.03. The van der Waals surface area contributed by atoms with Gasteiger partial charge in [-0.3, -0.25) is 10.1 Å². The van der Waals surface area contributed by atoms with Crippen molar-refractivity contribution < 1.29 is 10.0 Å². The Kier molecular flexibility index (Phi) is 4.10. The summed E-state index contributed by atoms with van der Waals surface area (Å²) < 4.78 is 0. The molecule has 1 N–H and O–H groups in total. The zero-order valence-corrected chi connectivity index (χ0v) is 12.6. The molecular weight excluding hydrogens is 306 g/mol. The number of nitriles is 2. The molecule has 0 spiro atoms. The number of rotatable bonds is 2. The molecule has 1 fully saturated rings. The molecule has 1 aromatic rings. The first kappa shape index (κ1) is 16.2. The second-order valence-electron chi connectivity index (χ2n) is 5.81. The normalized spacial score (nSPS) is 30.0. The van der Waals surface area contributed by atoms with Crippen LogP contribution in [0.25, 0.3) is 0 Å². The second-order valence-corrected chi connectivity index (χ2v) is 6.25. The van der Waals surface area contributed by atoms with Crippen molar-refractivity contribution in [3.63, 3.8) is 0 Å². The van der Waals surface area contributed by atoms with Gasteiger partial charge < -0.3 is 5.11 Å². The lowest BCUT2D eigenvalue weighted by molar-refractivity contribution is -0.555. The summed E-state index contributed by atoms with van der Waals surface area (Å²) in [5, 5.41) is 41.4. The summed E-state index contributed by atoms with van der Waals surface area (Å²) in [4.78, 5) is 10.9. The average Bonchev–Trinajstić information content (AvgIpc) is 2.47. The lowest BCUT2D eigenvalue weighted by atomic mass is 9.59. The van der Waals surface area contributed by atoms with Crippen LogP contribution in [0.3, 0.4) is 0 Å². The van der Waals surface area contributed by atoms with Gasteiger partial charge in [0.1, 0.15) is 5.60 Å². The van der Waals surface area contributed by atoms with E-state index in [0.717, 1.165) is 0 Å². The molecule has 1 aliphatic carbocycles. The molecule has 7 heteroatoms. The van der Waals surface area contributed by atoms with Crippen LogP contribution in [0, 0.1) is 38.2 Å². The number of nitrogens with zero attached hydrogens (tertiary/aromatic N) is 3. The number of aliphatic hydroxyl groups is 1. The Bertz CT molecular complexity index is 659. The van der Waals surface area contributed by atoms with Crippen LogP contribution in [0.15, 0.2) is 24.3 Å². The first-order valence-electron chi connectivity index (χ1n) is 6.71. The fourth-order valence-corrected chi connectivity index (χ4v) is 3.27. The fourth-order valence-electron chi connectivity index (χ4n) is 3.14. The number of hydrogen-bond donors (Lipinski definition) is 1. The van der Waals surface area contributed by atoms with Gasteiger partial charge in [-0.2, -0.15) is 10.5 Å². The number of benzene rings is 1. The highest BCUT2D eigenvalue weighted by Crippen LogP contribution is 2.51. The third-order valence-electron chi connectivity index (χ3n) is 4.36. The maximum atomic E-state index is 11.5. The quantitative estimate of drug-likeness (QED) is 0.665. The lowest BCUT2D eigenvalue weighted by Crippen LogP contribution is -2.56. The van der Waals surface area contributed by atoms with Crippen molar-refractivity contribution in [2.45, 2.75) is 37.3 Å². The molecule has 0 amide bonds. The summed E-state index contributed by atoms with van der Waals surface area (Å²) in [6.07, 6.45) is 0.0918. The van der Waals surface area contributed by atoms with Crippen LogP contribution in [0.5, 0.6) is 0 Å². The molecule has 0 radical (unpaired) electrons. The van der Waals surface area contributed by atoms with E-state index in [1.807, 2.05) is 12.1 Å². The number of halogens is 1. The number of nitro groups is 1. The Morgan fingerprint density at radius 2 is 1.86 bits per heavy atom. The third kappa shape index (κ3) is 2.52. The molecule has 0 heterocycles. The Balaban J connectivity index is 2.66. The van der Waals surface area contributed by atoms with Crippen molar-refractivity contribution in [1.29, 1.82) is 10.5 Å². The first-order chi connectivity index (χ1) is 10.3. The van der Waals surface area contributed by atoms with Crippen molar-refractivity contribution in [2.75, 3.05) is 0 Å². The van der Waals surface area contributed by atoms with Crippen LogP contribution < -0.4 is 0 Å². The van der Waals surface area contributed by atoms with E-state index in [4.69, 9.17) is 11.6 Å². The van der Waals surface area contributed by atoms with Crippen molar-refractivity contribution in [3.05, 3.63) is 45.0 Å². The highest BCUT2D eigenvalue weighted by molar-refractivity contribution is 6.30. The molecule has 2 rings (SSSR count). The lowest BCUT2D eigenvalue weighted by Gasteiger charge is -2.42. The smallest absolute Gasteiger partial charge is 0.250 e. The standard InChI is InChI=1S/C15H14ClN3O3/c1-14(20)6-7-15(8-17,9-18)12(13(14)19(21)22)10-2-4-11(16)5-3-10/h2-5,12-13,20H,6-7H2,1H3/t12-,13-,14+/m0/s1. The van der Waals surface area contributed by atoms with Crippen LogP contribution >= 0.6 is 11.6 Å². The van der Waals surface area contributed by atoms with Gasteiger partial charge in [0.2, 0.25) is 6.04 Å². The minimum atomic E-state index is -1.59. The fraction of sp³-hybridized carbons (Fsp3) is 0.467. The first-order valence-corrected chi connectivity index (χ1v) is 7.09. The van der Waals surface area contributed by atoms with Crippen molar-refractivity contribution in [1.82, 2.24) is 0 Å². The van der Waals surface area contributed by atoms with Crippen LogP contribution in [0.2, 0.25) is 5.02 Å². The maximum Gasteiger partial charge on any atom is 0.250 e. The molecule has 114 valence electrons. The van der Waals surface area contributed by atoms with Gasteiger partial charge in [0, 0.05) is 9.95 Å². The second kappa shape index (κ2) is 5.57. The monoisotopic (exact) mass is 319 g/mol. The Morgan fingerprint density at radius 1 is 1.32 bits per heavy atom. The number of hydrogen-bond acceptors (Lipinski definition) is 5. The van der Waals surface area contributed by atoms with Crippen molar-refractivity contribution in [3.8, 4) is 12.1 Å². The molecule has 0 saturated heterocycles. The summed E-state index contributed by atoms with van der Waals surface area (Å²) >= 11 is 5.83. The summed E-state index contributed by atoms with van der Waals surface area (Å²) in [5.41, 5.74) is -2.69. The molecular formula is C15H14ClN3O3. The van der Waals surface area contributed by atoms with Crippen LogP contribution in [-0.2, 0) is 0 Å². The molecule has 0 bridgehead atoms. The van der Waals surface area contributed by atoms with Gasteiger partial charge >= 0.3 is 0 Å². The third-order valence-corrected chi connectivity index (χ3v) is 4.62. The summed E-state index contributed by atoms with van der Waals surface area (Å²) in [6, 6.07) is 8.68. The van der Waals surface area contributed by atoms with Gasteiger partial charge in [0.15, 0.2) is 5.41 Å². The van der Waals surface area contributed by atoms with Crippen LogP contribution in [-0.4, -0.2) is 21.7 Å². The largest absolute Gasteiger partial charge is 0.383 e. The Labute approximate surface area is 132 Å². The van der Waals surface area contributed by atoms with E-state index in [2.05, 4.69) is 0 Å². The van der Waals surface area contributed by atoms with Gasteiger partial charge in [-0.1, -0.05) is 23.7 Å². The van der Waals surface area contributed by atoms with E-state index < -0.39 is 27.9 Å². The van der Waals surface area contributed by atoms with Crippen LogP contribution in [0.1, 0.15) is 31.2 Å². The van der Waals surface area contributed by atoms with Gasteiger partial charge in [-0.25, -0.2) is 0 Å². The average molecular weight is 320 g/mol. The molecule has 3 atom stereocenters. The van der Waals surface area contributed by atoms with Gasteiger partial charge in [0.05, 0.1) is 18.1 Å². The van der Waals surface area contributed by atoms with E-state index in [1.165, 1.54) is 6.92 Å². The molecule has 6 nitrogen and oxygen atoms in total. The van der Waals surface area contributed by atoms with Gasteiger partial charge in [-0.15, -0.1) is 0 Å². The maximum absolute atomic E-state index is 11.5. The predicted molar refractivity (Wildman–Crippen MR) is 78.5 cm³/mol. The zero-order chi connectivity index (χ0) is 16.5. The Morgan fingerprint density at radius 3 is 2.32 bits per heavy atom. The van der Waals surface area contributed by atoms with E-state index in [-0.39, 0.29) is 12.8 Å². The minimum Gasteiger partial charge on any atom is -0.383 e. The predicted octanol–water partition coefficient (Wildman–Crippen LogP) is 2.65. The molecule has 0 aliphatic heterocycles. The van der Waals surface area contributed by atoms with Crippen molar-refractivity contribution >= 4 is 11.6 Å². The van der Waals surface area contributed by atoms with Gasteiger partial charge in [-0.05, 0) is 37.5 Å². The summed E-state index contributed by atoms with van der Waals surface area (Å²) in [7, 11) is 0. The van der Waals surface area contributed by atoms with E-state index in [1.54, 1.807) is 24.3 Å². The molecule has 22 heavy (non-hydrogen) atoms. The van der Waals surface area contributed by atoms with Crippen LogP contribution in [0.4, 0.5) is 0 Å².